The van der Waals surface area contributed by atoms with Crippen LogP contribution in [0.3, 0.4) is 0 Å². The largest absolute Gasteiger partial charge is 0.494 e. The Bertz CT molecular complexity index is 555. The molecule has 2 aromatic rings. The molecule has 1 aromatic carbocycles. The summed E-state index contributed by atoms with van der Waals surface area (Å²) >= 11 is 0. The molecular formula is C19H24ClNO2. The van der Waals surface area contributed by atoms with Crippen molar-refractivity contribution in [1.29, 1.82) is 0 Å². The number of unbranched alkanes of at least 4 members (excludes halogenated alkanes) is 3. The molecule has 1 aromatic heterocycles. The molecule has 23 heavy (non-hydrogen) atoms. The van der Waals surface area contributed by atoms with Gasteiger partial charge in [-0.2, -0.15) is 0 Å². The number of ether oxygens (including phenoxy) is 1. The Kier molecular flexibility index (Phi) is 9.76. The van der Waals surface area contributed by atoms with Crippen molar-refractivity contribution >= 4 is 24.6 Å². The van der Waals surface area contributed by atoms with Crippen LogP contribution in [0.5, 0.6) is 5.75 Å². The van der Waals surface area contributed by atoms with Crippen LogP contribution in [0.15, 0.2) is 48.8 Å². The molecule has 1 heterocycles. The number of aliphatic hydroxyl groups excluding tert-OH is 1. The molecule has 0 aliphatic heterocycles. The van der Waals surface area contributed by atoms with Crippen molar-refractivity contribution in [3.8, 4) is 5.75 Å². The second-order valence-electron chi connectivity index (χ2n) is 5.17. The molecule has 1 N–H and O–H groups in total. The molecule has 0 atom stereocenters. The van der Waals surface area contributed by atoms with Crippen molar-refractivity contribution in [3.63, 3.8) is 0 Å². The van der Waals surface area contributed by atoms with E-state index < -0.39 is 0 Å². The number of aromatic nitrogens is 1. The first-order valence-corrected chi connectivity index (χ1v) is 7.80. The molecular weight excluding hydrogens is 310 g/mol. The molecule has 0 aliphatic carbocycles. The van der Waals surface area contributed by atoms with Gasteiger partial charge in [0.25, 0.3) is 0 Å². The molecule has 0 fully saturated rings. The van der Waals surface area contributed by atoms with Gasteiger partial charge in [0, 0.05) is 19.0 Å². The van der Waals surface area contributed by atoms with Crippen LogP contribution < -0.4 is 4.74 Å². The van der Waals surface area contributed by atoms with E-state index in [0.29, 0.717) is 0 Å². The van der Waals surface area contributed by atoms with E-state index in [-0.39, 0.29) is 19.0 Å². The van der Waals surface area contributed by atoms with E-state index in [4.69, 9.17) is 9.84 Å². The molecule has 0 amide bonds. The van der Waals surface area contributed by atoms with Crippen LogP contribution in [-0.4, -0.2) is 23.3 Å². The molecule has 0 unspecified atom stereocenters. The predicted octanol–water partition coefficient (Wildman–Crippen LogP) is 4.61. The second kappa shape index (κ2) is 11.7. The summed E-state index contributed by atoms with van der Waals surface area (Å²) in [6.45, 7) is 1.02. The Balaban J connectivity index is 0.00000264. The molecule has 0 saturated carbocycles. The zero-order chi connectivity index (χ0) is 15.5. The van der Waals surface area contributed by atoms with Gasteiger partial charge >= 0.3 is 0 Å². The third-order valence-corrected chi connectivity index (χ3v) is 3.38. The van der Waals surface area contributed by atoms with Gasteiger partial charge in [-0.15, -0.1) is 12.4 Å². The van der Waals surface area contributed by atoms with E-state index in [1.807, 2.05) is 24.3 Å². The third kappa shape index (κ3) is 7.82. The molecule has 2 rings (SSSR count). The van der Waals surface area contributed by atoms with Crippen LogP contribution in [0.25, 0.3) is 12.2 Å². The van der Waals surface area contributed by atoms with E-state index in [2.05, 4.69) is 29.3 Å². The van der Waals surface area contributed by atoms with Crippen LogP contribution in [0.2, 0.25) is 0 Å². The lowest BCUT2D eigenvalue weighted by molar-refractivity contribution is 0.273. The fourth-order valence-electron chi connectivity index (χ4n) is 2.10. The standard InChI is InChI=1S/C19H23NO2.ClH/c21-15-3-1-2-4-16-22-19-9-7-17(8-10-19)5-6-18-11-13-20-14-12-18;/h5-14,21H,1-4,15-16H2;1H. The Morgan fingerprint density at radius 3 is 2.09 bits per heavy atom. The van der Waals surface area contributed by atoms with Gasteiger partial charge in [0.05, 0.1) is 6.61 Å². The van der Waals surface area contributed by atoms with E-state index in [1.165, 1.54) is 0 Å². The molecule has 4 heteroatoms. The molecule has 0 spiro atoms. The summed E-state index contributed by atoms with van der Waals surface area (Å²) in [5.74, 6) is 0.906. The summed E-state index contributed by atoms with van der Waals surface area (Å²) in [5.41, 5.74) is 2.28. The smallest absolute Gasteiger partial charge is 0.119 e. The van der Waals surface area contributed by atoms with E-state index >= 15 is 0 Å². The van der Waals surface area contributed by atoms with Gasteiger partial charge in [0.15, 0.2) is 0 Å². The van der Waals surface area contributed by atoms with Crippen LogP contribution in [-0.2, 0) is 0 Å². The molecule has 124 valence electrons. The molecule has 3 nitrogen and oxygen atoms in total. The minimum Gasteiger partial charge on any atom is -0.494 e. The third-order valence-electron chi connectivity index (χ3n) is 3.38. The average Bonchev–Trinajstić information content (AvgIpc) is 2.58. The second-order valence-corrected chi connectivity index (χ2v) is 5.17. The molecule has 0 aliphatic rings. The number of benzene rings is 1. The monoisotopic (exact) mass is 333 g/mol. The number of rotatable bonds is 9. The fourth-order valence-corrected chi connectivity index (χ4v) is 2.10. The number of hydrogen-bond donors (Lipinski definition) is 1. The van der Waals surface area contributed by atoms with Crippen molar-refractivity contribution in [2.24, 2.45) is 0 Å². The van der Waals surface area contributed by atoms with Crippen molar-refractivity contribution < 1.29 is 9.84 Å². The molecule has 0 saturated heterocycles. The molecule has 0 bridgehead atoms. The quantitative estimate of drug-likeness (QED) is 0.682. The van der Waals surface area contributed by atoms with Gasteiger partial charge in [-0.05, 0) is 54.7 Å². The van der Waals surface area contributed by atoms with E-state index in [1.54, 1.807) is 12.4 Å². The Morgan fingerprint density at radius 2 is 1.43 bits per heavy atom. The highest BCUT2D eigenvalue weighted by atomic mass is 35.5. The SMILES string of the molecule is Cl.OCCCCCCOc1ccc(C=Cc2ccncc2)cc1. The number of aliphatic hydroxyl groups is 1. The maximum Gasteiger partial charge on any atom is 0.119 e. The summed E-state index contributed by atoms with van der Waals surface area (Å²) in [7, 11) is 0. The maximum absolute atomic E-state index is 8.70. The van der Waals surface area contributed by atoms with Gasteiger partial charge < -0.3 is 9.84 Å². The topological polar surface area (TPSA) is 42.4 Å². The predicted molar refractivity (Wildman–Crippen MR) is 97.9 cm³/mol. The maximum atomic E-state index is 8.70. The minimum atomic E-state index is 0. The lowest BCUT2D eigenvalue weighted by atomic mass is 10.1. The number of pyridine rings is 1. The fraction of sp³-hybridized carbons (Fsp3) is 0.316. The van der Waals surface area contributed by atoms with Gasteiger partial charge in [0.2, 0.25) is 0 Å². The summed E-state index contributed by atoms with van der Waals surface area (Å²) in [4.78, 5) is 4.00. The normalized spacial score (nSPS) is 10.5. The van der Waals surface area contributed by atoms with Gasteiger partial charge in [-0.1, -0.05) is 30.7 Å². The van der Waals surface area contributed by atoms with Crippen LogP contribution in [0.1, 0.15) is 36.8 Å². The van der Waals surface area contributed by atoms with Crippen LogP contribution in [0.4, 0.5) is 0 Å². The minimum absolute atomic E-state index is 0. The van der Waals surface area contributed by atoms with E-state index in [0.717, 1.165) is 49.2 Å². The van der Waals surface area contributed by atoms with Gasteiger partial charge in [0.1, 0.15) is 5.75 Å². The number of halogens is 1. The van der Waals surface area contributed by atoms with Crippen molar-refractivity contribution in [2.75, 3.05) is 13.2 Å². The van der Waals surface area contributed by atoms with Crippen molar-refractivity contribution in [2.45, 2.75) is 25.7 Å². The van der Waals surface area contributed by atoms with Crippen LogP contribution >= 0.6 is 12.4 Å². The summed E-state index contributed by atoms with van der Waals surface area (Å²) in [6, 6.07) is 12.1. The highest BCUT2D eigenvalue weighted by molar-refractivity contribution is 5.85. The number of hydrogen-bond acceptors (Lipinski definition) is 3. The highest BCUT2D eigenvalue weighted by Crippen LogP contribution is 2.15. The Hall–Kier alpha value is -1.84. The van der Waals surface area contributed by atoms with Gasteiger partial charge in [-0.25, -0.2) is 0 Å². The zero-order valence-electron chi connectivity index (χ0n) is 13.2. The highest BCUT2D eigenvalue weighted by Gasteiger charge is 1.95. The summed E-state index contributed by atoms with van der Waals surface area (Å²) in [6.07, 6.45) is 11.8. The summed E-state index contributed by atoms with van der Waals surface area (Å²) in [5, 5.41) is 8.70. The first kappa shape index (κ1) is 19.2. The first-order valence-electron chi connectivity index (χ1n) is 7.80. The van der Waals surface area contributed by atoms with Crippen LogP contribution in [0, 0.1) is 0 Å². The van der Waals surface area contributed by atoms with Crippen molar-refractivity contribution in [3.05, 3.63) is 59.9 Å². The first-order chi connectivity index (χ1) is 10.9. The average molecular weight is 334 g/mol. The zero-order valence-corrected chi connectivity index (χ0v) is 14.0. The van der Waals surface area contributed by atoms with Crippen molar-refractivity contribution in [1.82, 2.24) is 4.98 Å². The Morgan fingerprint density at radius 1 is 0.826 bits per heavy atom. The molecule has 0 radical (unpaired) electrons. The van der Waals surface area contributed by atoms with E-state index in [9.17, 15) is 0 Å². The summed E-state index contributed by atoms with van der Waals surface area (Å²) < 4.78 is 5.71. The Labute approximate surface area is 144 Å². The van der Waals surface area contributed by atoms with Gasteiger partial charge in [-0.3, -0.25) is 4.98 Å². The lowest BCUT2D eigenvalue weighted by Gasteiger charge is -2.06. The lowest BCUT2D eigenvalue weighted by Crippen LogP contribution is -1.97. The number of nitrogens with zero attached hydrogens (tertiary/aromatic N) is 1.